The van der Waals surface area contributed by atoms with Crippen molar-refractivity contribution in [2.75, 3.05) is 35.5 Å². The van der Waals surface area contributed by atoms with Gasteiger partial charge in [0.15, 0.2) is 0 Å². The molecule has 0 radical (unpaired) electrons. The number of furan rings is 1. The van der Waals surface area contributed by atoms with E-state index in [9.17, 15) is 33.9 Å². The van der Waals surface area contributed by atoms with Crippen LogP contribution in [0.1, 0.15) is 138 Å². The number of carboxylic acid groups (broad SMARTS) is 1. The van der Waals surface area contributed by atoms with Crippen LogP contribution in [0.2, 0.25) is 0 Å². The molecule has 1 fully saturated rings. The third kappa shape index (κ3) is 23.0. The molecule has 1 atom stereocenters. The average molecular weight is 1840 g/mol. The van der Waals surface area contributed by atoms with Gasteiger partial charge in [0.05, 0.1) is 189 Å². The number of carbonyl (C=O) groups is 6. The van der Waals surface area contributed by atoms with E-state index >= 15 is 0 Å². The van der Waals surface area contributed by atoms with Gasteiger partial charge in [-0.05, 0) is 224 Å². The van der Waals surface area contributed by atoms with Crippen LogP contribution in [0.5, 0.6) is 28.7 Å². The highest BCUT2D eigenvalue weighted by molar-refractivity contribution is 7.09. The lowest BCUT2D eigenvalue weighted by atomic mass is 10.0. The molecule has 0 bridgehead atoms. The Kier molecular flexibility index (Phi) is 30.6. The van der Waals surface area contributed by atoms with Gasteiger partial charge in [-0.3, -0.25) is 74.4 Å². The van der Waals surface area contributed by atoms with Crippen LogP contribution in [0.15, 0.2) is 253 Å². The lowest BCUT2D eigenvalue weighted by Crippen LogP contribution is -2.45. The normalized spacial score (nSPS) is 11.9. The van der Waals surface area contributed by atoms with Crippen molar-refractivity contribution in [3.63, 3.8) is 0 Å². The van der Waals surface area contributed by atoms with Gasteiger partial charge >= 0.3 is 5.97 Å². The van der Waals surface area contributed by atoms with Crippen molar-refractivity contribution in [2.24, 2.45) is 5.73 Å². The maximum atomic E-state index is 13.1. The summed E-state index contributed by atoms with van der Waals surface area (Å²) < 4.78 is 32.9. The Morgan fingerprint density at radius 3 is 1.04 bits per heavy atom. The number of nitrogens with one attached hydrogen (secondary N) is 9. The molecule has 1 saturated carbocycles. The first-order valence-corrected chi connectivity index (χ1v) is 43.4. The molecule has 18 aromatic rings. The monoisotopic (exact) mass is 1830 g/mol. The molecule has 33 nitrogen and oxygen atoms in total. The average Bonchev–Trinajstić information content (AvgIpc) is 1.63. The molecule has 0 spiro atoms. The van der Waals surface area contributed by atoms with Gasteiger partial charge in [0.2, 0.25) is 5.91 Å². The lowest BCUT2D eigenvalue weighted by molar-refractivity contribution is -0.119. The summed E-state index contributed by atoms with van der Waals surface area (Å²) in [7, 11) is 7.60. The first-order valence-electron chi connectivity index (χ1n) is 42.6. The molecular formula is C102H90N20O13S. The molecule has 1 aliphatic carbocycles. The summed E-state index contributed by atoms with van der Waals surface area (Å²) in [5.41, 5.74) is 19.4. The number of H-pyrrole nitrogens is 5. The standard InChI is InChI=1S/C25H23N5O3.C21H18N4O3.C21H18N4O2S.C19H18N4O2.C16H13N3O3/c1-33-23-18(25(32)28-21(24(26)31)15-16-7-3-2-4-8-16)11-13-20-22(23)19(29-30-20)12-10-17-9-5-6-14-27-17;2*1-27-20-16(21(26)23-13-15-6-4-12-28-15)8-10-18-19(20)17(24-25-18)9-7-14-5-2-3-11-22-14;1-25-18-14(19(24)21-13-5-6-13)8-10-16-17(18)15(22-23-16)9-7-12-4-2-3-11-20-12;1-22-15-11(16(20)21)6-8-13-14(15)12(18-19-13)7-5-10-4-2-3-9-17-10/h2-14,21H,15H2,1H3,(H2,26,31)(H,28,32)(H,29,30);2*2-12H,13H2,1H3,(H,23,26)(H,24,25);2-4,7-11,13H,5-6H2,1H3,(H,21,24)(H,22,23);2-9H,1H3,(H,18,19)(H,20,21)/b12-10+;3*9-7+;7-5+. The molecule has 34 heteroatoms. The Bertz CT molecular complexity index is 7170. The van der Waals surface area contributed by atoms with Crippen molar-refractivity contribution in [2.45, 2.75) is 44.4 Å². The summed E-state index contributed by atoms with van der Waals surface area (Å²) in [6.45, 7) is 0.778. The van der Waals surface area contributed by atoms with Crippen LogP contribution in [-0.4, -0.2) is 164 Å². The minimum Gasteiger partial charge on any atom is -0.495 e. The number of aromatic nitrogens is 15. The van der Waals surface area contributed by atoms with Gasteiger partial charge < -0.3 is 60.2 Å². The second kappa shape index (κ2) is 45.0. The smallest absolute Gasteiger partial charge is 0.339 e. The zero-order valence-corrected chi connectivity index (χ0v) is 74.8. The number of carboxylic acids is 1. The lowest BCUT2D eigenvalue weighted by Gasteiger charge is -2.17. The number of thiophene rings is 1. The molecule has 1 unspecified atom stereocenters. The van der Waals surface area contributed by atoms with Crippen LogP contribution in [0.3, 0.4) is 0 Å². The van der Waals surface area contributed by atoms with Crippen molar-refractivity contribution in [3.05, 3.63) is 350 Å². The van der Waals surface area contributed by atoms with Crippen LogP contribution in [0.4, 0.5) is 0 Å². The van der Waals surface area contributed by atoms with Gasteiger partial charge in [-0.15, -0.1) is 11.3 Å². The molecule has 682 valence electrons. The summed E-state index contributed by atoms with van der Waals surface area (Å²) in [5, 5.41) is 62.6. The van der Waals surface area contributed by atoms with Crippen LogP contribution in [-0.2, 0) is 24.3 Å². The Hall–Kier alpha value is -18.1. The number of nitrogens with two attached hydrogens (primary N) is 1. The predicted molar refractivity (Wildman–Crippen MR) is 522 cm³/mol. The quantitative estimate of drug-likeness (QED) is 0.0207. The minimum absolute atomic E-state index is 0.101. The first-order chi connectivity index (χ1) is 66.5. The first kappa shape index (κ1) is 92.6. The number of rotatable bonds is 29. The summed E-state index contributed by atoms with van der Waals surface area (Å²) in [5.74, 6) is 0.136. The molecule has 0 saturated heterocycles. The molecule has 12 N–H and O–H groups in total. The van der Waals surface area contributed by atoms with Gasteiger partial charge in [-0.1, -0.05) is 66.7 Å². The Balaban J connectivity index is 0.000000130. The minimum atomic E-state index is -1.04. The number of benzene rings is 6. The molecule has 12 heterocycles. The third-order valence-electron chi connectivity index (χ3n) is 21.1. The van der Waals surface area contributed by atoms with Gasteiger partial charge in [-0.2, -0.15) is 25.5 Å². The zero-order chi connectivity index (χ0) is 94.7. The number of fused-ring (bicyclic) bond motifs is 5. The number of aromatic amines is 5. The maximum Gasteiger partial charge on any atom is 0.339 e. The van der Waals surface area contributed by atoms with Crippen LogP contribution < -0.4 is 50.7 Å². The number of methoxy groups -OCH3 is 5. The van der Waals surface area contributed by atoms with E-state index in [1.54, 1.807) is 123 Å². The number of hydrogen-bond donors (Lipinski definition) is 11. The number of amides is 5. The van der Waals surface area contributed by atoms with Crippen molar-refractivity contribution in [1.82, 2.24) is 97.2 Å². The number of ether oxygens (including phenoxy) is 5. The Labute approximate surface area is 781 Å². The van der Waals surface area contributed by atoms with E-state index in [2.05, 4.69) is 97.2 Å². The van der Waals surface area contributed by atoms with E-state index < -0.39 is 23.8 Å². The summed E-state index contributed by atoms with van der Waals surface area (Å²) in [4.78, 5) is 96.7. The highest BCUT2D eigenvalue weighted by Crippen LogP contribution is 2.39. The fourth-order valence-corrected chi connectivity index (χ4v) is 15.1. The Morgan fingerprint density at radius 1 is 0.397 bits per heavy atom. The Morgan fingerprint density at radius 2 is 0.735 bits per heavy atom. The second-order valence-corrected chi connectivity index (χ2v) is 31.1. The SMILES string of the molecule is COc1c(C(=O)NC(Cc2ccccc2)C(N)=O)ccc2n[nH]c(/C=C/c3ccccn3)c12.COc1c(C(=O)NC2CC2)ccc2n[nH]c(/C=C/c3ccccn3)c12.COc1c(C(=O)NCc2ccco2)ccc2n[nH]c(/C=C/c3ccccn3)c12.COc1c(C(=O)NCc2cccs2)ccc2n[nH]c(/C=C/c3ccccn3)c12.COc1c(C(=O)O)ccc2n[nH]c(/C=C/c3ccccn3)c12. The predicted octanol–water partition coefficient (Wildman–Crippen LogP) is 16.6. The van der Waals surface area contributed by atoms with Crippen molar-refractivity contribution < 1.29 is 62.0 Å². The van der Waals surface area contributed by atoms with Gasteiger partial charge in [-0.25, -0.2) is 4.79 Å². The number of aromatic carboxylic acids is 1. The van der Waals surface area contributed by atoms with Gasteiger partial charge in [0.25, 0.3) is 23.6 Å². The number of primary amides is 1. The highest BCUT2D eigenvalue weighted by atomic mass is 32.1. The summed E-state index contributed by atoms with van der Waals surface area (Å²) >= 11 is 1.60. The fraction of sp³-hybridized carbons (Fsp3) is 0.118. The largest absolute Gasteiger partial charge is 0.495 e. The molecule has 19 rings (SSSR count). The summed E-state index contributed by atoms with van der Waals surface area (Å²) in [6, 6.07) is 61.7. The maximum absolute atomic E-state index is 13.1. The zero-order valence-electron chi connectivity index (χ0n) is 73.9. The van der Waals surface area contributed by atoms with Crippen LogP contribution in [0.25, 0.3) is 115 Å². The van der Waals surface area contributed by atoms with Crippen molar-refractivity contribution >= 4 is 162 Å². The topological polar surface area (TPSA) is 464 Å². The number of pyridine rings is 5. The number of hydrogen-bond acceptors (Lipinski definition) is 23. The van der Waals surface area contributed by atoms with Crippen molar-refractivity contribution in [3.8, 4) is 28.7 Å². The van der Waals surface area contributed by atoms with E-state index in [1.807, 2.05) is 206 Å². The number of nitrogens with zero attached hydrogens (tertiary/aromatic N) is 10. The van der Waals surface area contributed by atoms with E-state index in [1.165, 1.54) is 27.4 Å². The molecule has 0 aliphatic heterocycles. The highest BCUT2D eigenvalue weighted by Gasteiger charge is 2.29. The van der Waals surface area contributed by atoms with Crippen LogP contribution in [0, 0.1) is 0 Å². The van der Waals surface area contributed by atoms with E-state index in [0.717, 1.165) is 96.0 Å². The molecule has 6 aromatic carbocycles. The van der Waals surface area contributed by atoms with Gasteiger partial charge in [0.1, 0.15) is 46.1 Å². The van der Waals surface area contributed by atoms with E-state index in [-0.39, 0.29) is 35.3 Å². The second-order valence-electron chi connectivity index (χ2n) is 30.0. The molecule has 12 aromatic heterocycles. The van der Waals surface area contributed by atoms with Crippen molar-refractivity contribution in [1.29, 1.82) is 0 Å². The molecule has 1 aliphatic rings. The molecule has 136 heavy (non-hydrogen) atoms. The third-order valence-corrected chi connectivity index (χ3v) is 22.0. The van der Waals surface area contributed by atoms with E-state index in [4.69, 9.17) is 33.8 Å². The number of carbonyl (C=O) groups excluding carboxylic acids is 5. The van der Waals surface area contributed by atoms with E-state index in [0.29, 0.717) is 109 Å². The molecular weight excluding hydrogens is 1750 g/mol. The van der Waals surface area contributed by atoms with Crippen LogP contribution >= 0.6 is 11.3 Å². The summed E-state index contributed by atoms with van der Waals surface area (Å²) in [6.07, 6.45) is 31.1. The molecule has 5 amide bonds. The fourth-order valence-electron chi connectivity index (χ4n) is 14.4. The van der Waals surface area contributed by atoms with Gasteiger partial charge in [0, 0.05) is 48.3 Å².